The third kappa shape index (κ3) is 1.55. The van der Waals surface area contributed by atoms with Crippen LogP contribution in [0.3, 0.4) is 0 Å². The first-order valence-electron chi connectivity index (χ1n) is 4.10. The van der Waals surface area contributed by atoms with Gasteiger partial charge in [0.25, 0.3) is 0 Å². The summed E-state index contributed by atoms with van der Waals surface area (Å²) in [4.78, 5) is 0. The minimum absolute atomic E-state index is 0.413. The Kier molecular flexibility index (Phi) is 2.39. The maximum absolute atomic E-state index is 5.65. The molecule has 2 heterocycles. The van der Waals surface area contributed by atoms with Crippen molar-refractivity contribution in [3.63, 3.8) is 0 Å². The quantitative estimate of drug-likeness (QED) is 0.531. The summed E-state index contributed by atoms with van der Waals surface area (Å²) in [7, 11) is 0. The smallest absolute Gasteiger partial charge is 0.0671 e. The number of alkyl halides is 1. The molecule has 2 atom stereocenters. The molecule has 0 unspecified atom stereocenters. The van der Waals surface area contributed by atoms with Gasteiger partial charge >= 0.3 is 0 Å². The van der Waals surface area contributed by atoms with Crippen LogP contribution >= 0.6 is 22.6 Å². The Labute approximate surface area is 80.8 Å². The van der Waals surface area contributed by atoms with Crippen molar-refractivity contribution in [2.45, 2.75) is 18.9 Å². The molecule has 2 saturated heterocycles. The van der Waals surface area contributed by atoms with E-state index in [9.17, 15) is 0 Å². The Morgan fingerprint density at radius 2 is 2.36 bits per heavy atom. The molecule has 0 N–H and O–H groups in total. The summed E-state index contributed by atoms with van der Waals surface area (Å²) in [6.07, 6.45) is 2.92. The summed E-state index contributed by atoms with van der Waals surface area (Å²) in [6.45, 7) is 2.80. The van der Waals surface area contributed by atoms with Crippen molar-refractivity contribution in [1.29, 1.82) is 0 Å². The fourth-order valence-electron chi connectivity index (χ4n) is 1.92. The van der Waals surface area contributed by atoms with Gasteiger partial charge in [-0.05, 0) is 12.8 Å². The highest BCUT2D eigenvalue weighted by molar-refractivity contribution is 14.1. The maximum Gasteiger partial charge on any atom is 0.0671 e. The fraction of sp³-hybridized carbons (Fsp3) is 1.00. The van der Waals surface area contributed by atoms with Gasteiger partial charge in [-0.1, -0.05) is 22.6 Å². The second-order valence-electron chi connectivity index (χ2n) is 3.59. The molecule has 3 heteroatoms. The lowest BCUT2D eigenvalue weighted by Crippen LogP contribution is -2.21. The first-order chi connectivity index (χ1) is 5.35. The van der Waals surface area contributed by atoms with E-state index in [-0.39, 0.29) is 0 Å². The lowest BCUT2D eigenvalue weighted by molar-refractivity contribution is 0.0993. The number of hydrogen-bond acceptors (Lipinski definition) is 2. The summed E-state index contributed by atoms with van der Waals surface area (Å²) in [5.41, 5.74) is 0.413. The van der Waals surface area contributed by atoms with Crippen LogP contribution in [-0.4, -0.2) is 30.4 Å². The van der Waals surface area contributed by atoms with E-state index in [1.54, 1.807) is 0 Å². The van der Waals surface area contributed by atoms with Crippen LogP contribution in [0, 0.1) is 5.41 Å². The molecule has 0 aromatic rings. The SMILES string of the molecule is IC[C@@H]1C[C@]2(CCOC2)CO1. The van der Waals surface area contributed by atoms with E-state index >= 15 is 0 Å². The molecule has 11 heavy (non-hydrogen) atoms. The highest BCUT2D eigenvalue weighted by Gasteiger charge is 2.42. The molecule has 0 amide bonds. The zero-order chi connectivity index (χ0) is 7.73. The number of hydrogen-bond donors (Lipinski definition) is 0. The summed E-state index contributed by atoms with van der Waals surface area (Å²) < 4.78 is 12.2. The molecule has 2 nitrogen and oxygen atoms in total. The monoisotopic (exact) mass is 268 g/mol. The van der Waals surface area contributed by atoms with Crippen LogP contribution in [0.2, 0.25) is 0 Å². The van der Waals surface area contributed by atoms with Gasteiger partial charge in [0.1, 0.15) is 0 Å². The summed E-state index contributed by atoms with van der Waals surface area (Å²) in [5, 5.41) is 0. The van der Waals surface area contributed by atoms with E-state index in [0.29, 0.717) is 11.5 Å². The first-order valence-corrected chi connectivity index (χ1v) is 5.63. The van der Waals surface area contributed by atoms with Gasteiger partial charge in [0.15, 0.2) is 0 Å². The van der Waals surface area contributed by atoms with Gasteiger partial charge in [-0.2, -0.15) is 0 Å². The zero-order valence-electron chi connectivity index (χ0n) is 6.51. The molecule has 0 saturated carbocycles. The average molecular weight is 268 g/mol. The van der Waals surface area contributed by atoms with Crippen molar-refractivity contribution in [1.82, 2.24) is 0 Å². The molecule has 1 spiro atoms. The molecular weight excluding hydrogens is 255 g/mol. The maximum atomic E-state index is 5.65. The fourth-order valence-corrected chi connectivity index (χ4v) is 2.48. The van der Waals surface area contributed by atoms with Crippen LogP contribution in [0.1, 0.15) is 12.8 Å². The van der Waals surface area contributed by atoms with Crippen molar-refractivity contribution in [3.8, 4) is 0 Å². The van der Waals surface area contributed by atoms with E-state index in [1.165, 1.54) is 12.8 Å². The predicted molar refractivity (Wildman–Crippen MR) is 51.1 cm³/mol. The van der Waals surface area contributed by atoms with Gasteiger partial charge in [0.05, 0.1) is 19.3 Å². The van der Waals surface area contributed by atoms with Crippen molar-refractivity contribution < 1.29 is 9.47 Å². The molecule has 0 aliphatic carbocycles. The second-order valence-corrected chi connectivity index (χ2v) is 4.47. The second kappa shape index (κ2) is 3.18. The molecule has 0 aromatic heterocycles. The molecular formula is C8H13IO2. The molecule has 0 aromatic carbocycles. The Balaban J connectivity index is 1.96. The average Bonchev–Trinajstić information content (AvgIpc) is 2.62. The molecule has 2 aliphatic rings. The van der Waals surface area contributed by atoms with Gasteiger partial charge in [-0.25, -0.2) is 0 Å². The lowest BCUT2D eigenvalue weighted by atomic mass is 9.85. The van der Waals surface area contributed by atoms with Crippen LogP contribution in [-0.2, 0) is 9.47 Å². The predicted octanol–water partition coefficient (Wildman–Crippen LogP) is 1.62. The zero-order valence-corrected chi connectivity index (χ0v) is 8.67. The molecule has 64 valence electrons. The Hall–Kier alpha value is 0.650. The lowest BCUT2D eigenvalue weighted by Gasteiger charge is -2.17. The number of rotatable bonds is 1. The Morgan fingerprint density at radius 1 is 1.45 bits per heavy atom. The number of halogens is 1. The van der Waals surface area contributed by atoms with Crippen LogP contribution in [0.15, 0.2) is 0 Å². The molecule has 2 aliphatic heterocycles. The molecule has 2 fully saturated rings. The molecule has 0 radical (unpaired) electrons. The van der Waals surface area contributed by atoms with Crippen molar-refractivity contribution in [2.75, 3.05) is 24.2 Å². The van der Waals surface area contributed by atoms with Gasteiger partial charge in [0, 0.05) is 16.4 Å². The van der Waals surface area contributed by atoms with Crippen molar-refractivity contribution in [3.05, 3.63) is 0 Å². The Morgan fingerprint density at radius 3 is 2.91 bits per heavy atom. The van der Waals surface area contributed by atoms with Crippen LogP contribution in [0.4, 0.5) is 0 Å². The summed E-state index contributed by atoms with van der Waals surface area (Å²) >= 11 is 2.39. The first kappa shape index (κ1) is 8.26. The largest absolute Gasteiger partial charge is 0.381 e. The van der Waals surface area contributed by atoms with E-state index < -0.39 is 0 Å². The van der Waals surface area contributed by atoms with E-state index in [0.717, 1.165) is 24.2 Å². The van der Waals surface area contributed by atoms with Crippen LogP contribution in [0.25, 0.3) is 0 Å². The van der Waals surface area contributed by atoms with Crippen LogP contribution in [0.5, 0.6) is 0 Å². The van der Waals surface area contributed by atoms with E-state index in [1.807, 2.05) is 0 Å². The van der Waals surface area contributed by atoms with E-state index in [4.69, 9.17) is 9.47 Å². The normalized spacial score (nSPS) is 43.9. The highest BCUT2D eigenvalue weighted by atomic mass is 127. The Bertz CT molecular complexity index is 143. The highest BCUT2D eigenvalue weighted by Crippen LogP contribution is 2.40. The summed E-state index contributed by atoms with van der Waals surface area (Å²) in [5.74, 6) is 0. The van der Waals surface area contributed by atoms with Crippen molar-refractivity contribution in [2.24, 2.45) is 5.41 Å². The number of ether oxygens (including phenoxy) is 2. The molecule has 2 rings (SSSR count). The third-order valence-corrected chi connectivity index (χ3v) is 3.63. The third-order valence-electron chi connectivity index (χ3n) is 2.64. The van der Waals surface area contributed by atoms with Crippen molar-refractivity contribution >= 4 is 22.6 Å². The summed E-state index contributed by atoms with van der Waals surface area (Å²) in [6, 6.07) is 0. The molecule has 0 bridgehead atoms. The minimum Gasteiger partial charge on any atom is -0.381 e. The minimum atomic E-state index is 0.413. The topological polar surface area (TPSA) is 18.5 Å². The van der Waals surface area contributed by atoms with Gasteiger partial charge in [-0.3, -0.25) is 0 Å². The standard InChI is InChI=1S/C8H13IO2/c9-4-7-3-8(6-11-7)1-2-10-5-8/h7H,1-6H2/t7-,8-/m0/s1. The van der Waals surface area contributed by atoms with Gasteiger partial charge in [-0.15, -0.1) is 0 Å². The van der Waals surface area contributed by atoms with E-state index in [2.05, 4.69) is 22.6 Å². The van der Waals surface area contributed by atoms with Crippen LogP contribution < -0.4 is 0 Å². The van der Waals surface area contributed by atoms with Gasteiger partial charge in [0.2, 0.25) is 0 Å². The van der Waals surface area contributed by atoms with Gasteiger partial charge < -0.3 is 9.47 Å².